The lowest BCUT2D eigenvalue weighted by molar-refractivity contribution is -0.123. The number of hydrogen-bond acceptors (Lipinski definition) is 5. The van der Waals surface area contributed by atoms with E-state index in [0.29, 0.717) is 5.56 Å². The van der Waals surface area contributed by atoms with Gasteiger partial charge in [-0.05, 0) is 30.3 Å². The molecule has 0 saturated carbocycles. The smallest absolute Gasteiger partial charge is 0.274 e. The highest BCUT2D eigenvalue weighted by Crippen LogP contribution is 2.21. The quantitative estimate of drug-likeness (QED) is 0.488. The van der Waals surface area contributed by atoms with Crippen LogP contribution in [0, 0.1) is 0 Å². The Labute approximate surface area is 134 Å². The number of nitrogens with one attached hydrogen (secondary N) is 1. The molecule has 0 fully saturated rings. The number of nitrogens with zero attached hydrogens (tertiary/aromatic N) is 2. The molecule has 8 heteroatoms. The van der Waals surface area contributed by atoms with Crippen molar-refractivity contribution in [2.75, 3.05) is 19.0 Å². The zero-order valence-corrected chi connectivity index (χ0v) is 13.5. The molecule has 0 aliphatic heterocycles. The van der Waals surface area contributed by atoms with Gasteiger partial charge in [-0.15, -0.1) is 0 Å². The van der Waals surface area contributed by atoms with Crippen molar-refractivity contribution in [1.29, 1.82) is 0 Å². The van der Waals surface area contributed by atoms with Gasteiger partial charge < -0.3 is 4.90 Å². The fourth-order valence-electron chi connectivity index (χ4n) is 1.94. The van der Waals surface area contributed by atoms with Crippen molar-refractivity contribution in [3.05, 3.63) is 54.9 Å². The Morgan fingerprint density at radius 3 is 2.35 bits per heavy atom. The van der Waals surface area contributed by atoms with Crippen LogP contribution in [-0.2, 0) is 14.8 Å². The summed E-state index contributed by atoms with van der Waals surface area (Å²) in [5.41, 5.74) is 2.60. The van der Waals surface area contributed by atoms with Crippen molar-refractivity contribution in [2.24, 2.45) is 0 Å². The Morgan fingerprint density at radius 1 is 1.22 bits per heavy atom. The van der Waals surface area contributed by atoms with Gasteiger partial charge in [-0.2, -0.15) is 0 Å². The zero-order chi connectivity index (χ0) is 17.2. The number of aromatic nitrogens is 1. The summed E-state index contributed by atoms with van der Waals surface area (Å²) in [6.45, 7) is 3.51. The number of rotatable bonds is 5. The third-order valence-corrected chi connectivity index (χ3v) is 4.97. The number of benzene rings is 1. The molecule has 7 nitrogen and oxygen atoms in total. The highest BCUT2D eigenvalue weighted by atomic mass is 32.2. The molecule has 1 amide bonds. The molecule has 0 unspecified atom stereocenters. The van der Waals surface area contributed by atoms with Gasteiger partial charge in [0.25, 0.3) is 15.9 Å². The average Bonchev–Trinajstić information content (AvgIpc) is 3.04. The van der Waals surface area contributed by atoms with Crippen molar-refractivity contribution < 1.29 is 18.4 Å². The van der Waals surface area contributed by atoms with Crippen molar-refractivity contribution in [1.82, 2.24) is 9.45 Å². The topological polar surface area (TPSA) is 91.6 Å². The standard InChI is InChI=1S/C15H17N3O4S/c1-11(15(19)16-20)12-8-9-18(10-12)23(21,22)14-6-4-13(5-7-14)17(2)3/h4-10,20H,1H2,2-3H3,(H,16,19). The molecule has 23 heavy (non-hydrogen) atoms. The van der Waals surface area contributed by atoms with E-state index in [2.05, 4.69) is 6.58 Å². The van der Waals surface area contributed by atoms with Gasteiger partial charge in [-0.3, -0.25) is 10.0 Å². The lowest BCUT2D eigenvalue weighted by Gasteiger charge is -2.13. The van der Waals surface area contributed by atoms with E-state index < -0.39 is 15.9 Å². The lowest BCUT2D eigenvalue weighted by Crippen LogP contribution is -2.19. The van der Waals surface area contributed by atoms with Crippen LogP contribution in [-0.4, -0.2) is 37.6 Å². The molecule has 2 rings (SSSR count). The predicted molar refractivity (Wildman–Crippen MR) is 86.7 cm³/mol. The van der Waals surface area contributed by atoms with E-state index in [0.717, 1.165) is 9.66 Å². The van der Waals surface area contributed by atoms with Gasteiger partial charge >= 0.3 is 0 Å². The van der Waals surface area contributed by atoms with Crippen LogP contribution < -0.4 is 10.4 Å². The molecule has 0 atom stereocenters. The van der Waals surface area contributed by atoms with E-state index in [-0.39, 0.29) is 10.5 Å². The molecule has 2 aromatic rings. The Hall–Kier alpha value is -2.58. The largest absolute Gasteiger partial charge is 0.378 e. The minimum Gasteiger partial charge on any atom is -0.378 e. The first-order chi connectivity index (χ1) is 10.8. The lowest BCUT2D eigenvalue weighted by atomic mass is 10.1. The SMILES string of the molecule is C=C(C(=O)NO)c1ccn(S(=O)(=O)c2ccc(N(C)C)cc2)c1. The van der Waals surface area contributed by atoms with Crippen molar-refractivity contribution in [3.8, 4) is 0 Å². The normalized spacial score (nSPS) is 11.1. The Balaban J connectivity index is 2.35. The summed E-state index contributed by atoms with van der Waals surface area (Å²) >= 11 is 0. The average molecular weight is 335 g/mol. The number of carbonyl (C=O) groups is 1. The predicted octanol–water partition coefficient (Wildman–Crippen LogP) is 1.31. The summed E-state index contributed by atoms with van der Waals surface area (Å²) in [6.07, 6.45) is 2.59. The molecule has 0 saturated heterocycles. The molecule has 122 valence electrons. The van der Waals surface area contributed by atoms with Gasteiger partial charge in [0.2, 0.25) is 0 Å². The highest BCUT2D eigenvalue weighted by Gasteiger charge is 2.18. The van der Waals surface area contributed by atoms with Crippen LogP contribution in [0.25, 0.3) is 5.57 Å². The summed E-state index contributed by atoms with van der Waals surface area (Å²) in [4.78, 5) is 13.3. The molecule has 1 heterocycles. The second-order valence-electron chi connectivity index (χ2n) is 5.04. The number of carbonyl (C=O) groups excluding carboxylic acids is 1. The van der Waals surface area contributed by atoms with Crippen molar-refractivity contribution in [2.45, 2.75) is 4.90 Å². The Kier molecular flexibility index (Phi) is 4.57. The maximum atomic E-state index is 12.6. The maximum Gasteiger partial charge on any atom is 0.274 e. The van der Waals surface area contributed by atoms with Crippen LogP contribution >= 0.6 is 0 Å². The fourth-order valence-corrected chi connectivity index (χ4v) is 3.14. The van der Waals surface area contributed by atoms with E-state index in [1.54, 1.807) is 12.1 Å². The molecule has 2 N–H and O–H groups in total. The third kappa shape index (κ3) is 3.27. The third-order valence-electron chi connectivity index (χ3n) is 3.32. The van der Waals surface area contributed by atoms with Gasteiger partial charge in [0.05, 0.1) is 4.90 Å². The second-order valence-corrected chi connectivity index (χ2v) is 6.89. The first kappa shape index (κ1) is 16.8. The zero-order valence-electron chi connectivity index (χ0n) is 12.7. The van der Waals surface area contributed by atoms with Crippen LogP contribution in [0.2, 0.25) is 0 Å². The number of hydrogen-bond donors (Lipinski definition) is 2. The molecular formula is C15H17N3O4S. The maximum absolute atomic E-state index is 12.6. The molecule has 0 aliphatic carbocycles. The first-order valence-corrected chi connectivity index (χ1v) is 8.06. The van der Waals surface area contributed by atoms with Crippen LogP contribution in [0.15, 0.2) is 54.2 Å². The molecule has 0 radical (unpaired) electrons. The van der Waals surface area contributed by atoms with Crippen LogP contribution in [0.4, 0.5) is 5.69 Å². The van der Waals surface area contributed by atoms with Crippen LogP contribution in [0.5, 0.6) is 0 Å². The highest BCUT2D eigenvalue weighted by molar-refractivity contribution is 7.90. The van der Waals surface area contributed by atoms with E-state index in [9.17, 15) is 13.2 Å². The molecule has 0 spiro atoms. The Bertz CT molecular complexity index is 836. The molecule has 1 aromatic carbocycles. The summed E-state index contributed by atoms with van der Waals surface area (Å²) in [5.74, 6) is -0.796. The van der Waals surface area contributed by atoms with Gasteiger partial charge in [0.1, 0.15) is 0 Å². The van der Waals surface area contributed by atoms with Crippen molar-refractivity contribution in [3.63, 3.8) is 0 Å². The molecule has 0 bridgehead atoms. The number of amides is 1. The monoisotopic (exact) mass is 335 g/mol. The fraction of sp³-hybridized carbons (Fsp3) is 0.133. The van der Waals surface area contributed by atoms with Gasteiger partial charge in [0.15, 0.2) is 0 Å². The van der Waals surface area contributed by atoms with Gasteiger partial charge in [0, 0.05) is 43.3 Å². The molecule has 0 aliphatic rings. The minimum atomic E-state index is -3.76. The van der Waals surface area contributed by atoms with E-state index in [4.69, 9.17) is 5.21 Å². The van der Waals surface area contributed by atoms with Crippen molar-refractivity contribution >= 4 is 27.2 Å². The molecule has 1 aromatic heterocycles. The first-order valence-electron chi connectivity index (χ1n) is 6.62. The van der Waals surface area contributed by atoms with E-state index >= 15 is 0 Å². The van der Waals surface area contributed by atoms with Gasteiger partial charge in [-0.25, -0.2) is 17.9 Å². The van der Waals surface area contributed by atoms with Crippen LogP contribution in [0.1, 0.15) is 5.56 Å². The molecular weight excluding hydrogens is 318 g/mol. The summed E-state index contributed by atoms with van der Waals surface area (Å²) in [5, 5.41) is 8.59. The van der Waals surface area contributed by atoms with E-state index in [1.807, 2.05) is 19.0 Å². The van der Waals surface area contributed by atoms with Crippen LogP contribution in [0.3, 0.4) is 0 Å². The van der Waals surface area contributed by atoms with E-state index in [1.165, 1.54) is 36.1 Å². The van der Waals surface area contributed by atoms with Gasteiger partial charge in [-0.1, -0.05) is 6.58 Å². The second kappa shape index (κ2) is 6.27. The minimum absolute atomic E-state index is 0.0376. The summed E-state index contributed by atoms with van der Waals surface area (Å²) < 4.78 is 26.1. The Morgan fingerprint density at radius 2 is 1.83 bits per heavy atom. The number of anilines is 1. The number of hydroxylamine groups is 1. The summed E-state index contributed by atoms with van der Waals surface area (Å²) in [7, 11) is -0.0424. The summed E-state index contributed by atoms with van der Waals surface area (Å²) in [6, 6.07) is 7.87.